The molecular weight excluding hydrogens is 212 g/mol. The van der Waals surface area contributed by atoms with Crippen LogP contribution in [0.3, 0.4) is 0 Å². The third-order valence-corrected chi connectivity index (χ3v) is 2.97. The van der Waals surface area contributed by atoms with Crippen LogP contribution in [0.5, 0.6) is 0 Å². The van der Waals surface area contributed by atoms with Crippen molar-refractivity contribution in [1.82, 2.24) is 0 Å². The van der Waals surface area contributed by atoms with Gasteiger partial charge >= 0.3 is 5.97 Å². The van der Waals surface area contributed by atoms with E-state index in [-0.39, 0.29) is 25.2 Å². The van der Waals surface area contributed by atoms with Gasteiger partial charge in [-0.05, 0) is 5.92 Å². The summed E-state index contributed by atoms with van der Waals surface area (Å²) in [6, 6.07) is 0. The number of rotatable bonds is 5. The Morgan fingerprint density at radius 2 is 2.31 bits per heavy atom. The predicted molar refractivity (Wildman–Crippen MR) is 57.2 cm³/mol. The van der Waals surface area contributed by atoms with Crippen molar-refractivity contribution in [2.24, 2.45) is 5.92 Å². The van der Waals surface area contributed by atoms with Gasteiger partial charge in [0.15, 0.2) is 5.60 Å². The summed E-state index contributed by atoms with van der Waals surface area (Å²) in [5.74, 6) is -0.702. The minimum Gasteiger partial charge on any atom is -0.479 e. The van der Waals surface area contributed by atoms with Crippen LogP contribution < -0.4 is 0 Å². The Balaban J connectivity index is 2.72. The quantitative estimate of drug-likeness (QED) is 0.728. The summed E-state index contributed by atoms with van der Waals surface area (Å²) in [5.41, 5.74) is -1.18. The van der Waals surface area contributed by atoms with Crippen molar-refractivity contribution < 1.29 is 24.5 Å². The molecule has 1 aliphatic rings. The van der Waals surface area contributed by atoms with Crippen LogP contribution in [0.4, 0.5) is 0 Å². The smallest absolute Gasteiger partial charge is 0.336 e. The summed E-state index contributed by atoms with van der Waals surface area (Å²) in [7, 11) is 0. The summed E-state index contributed by atoms with van der Waals surface area (Å²) in [6.07, 6.45) is 0.592. The molecule has 1 rings (SSSR count). The maximum absolute atomic E-state index is 11.3. The maximum Gasteiger partial charge on any atom is 0.336 e. The van der Waals surface area contributed by atoms with Crippen molar-refractivity contribution in [1.29, 1.82) is 0 Å². The van der Waals surface area contributed by atoms with Gasteiger partial charge in [-0.3, -0.25) is 0 Å². The van der Waals surface area contributed by atoms with Crippen LogP contribution in [0.25, 0.3) is 0 Å². The Labute approximate surface area is 95.4 Å². The monoisotopic (exact) mass is 232 g/mol. The minimum absolute atomic E-state index is 0.0527. The second-order valence-corrected chi connectivity index (χ2v) is 4.48. The molecule has 0 aromatic carbocycles. The number of aliphatic hydroxyl groups excluding tert-OH is 1. The molecule has 0 amide bonds. The number of ether oxygens (including phenoxy) is 2. The largest absolute Gasteiger partial charge is 0.479 e. The number of hydrogen-bond donors (Lipinski definition) is 2. The van der Waals surface area contributed by atoms with Gasteiger partial charge in [0.25, 0.3) is 0 Å². The normalized spacial score (nSPS) is 30.6. The van der Waals surface area contributed by atoms with E-state index in [9.17, 15) is 9.90 Å². The van der Waals surface area contributed by atoms with Gasteiger partial charge in [-0.2, -0.15) is 0 Å². The van der Waals surface area contributed by atoms with Gasteiger partial charge < -0.3 is 19.7 Å². The lowest BCUT2D eigenvalue weighted by Crippen LogP contribution is -2.50. The van der Waals surface area contributed by atoms with Gasteiger partial charge in [-0.1, -0.05) is 13.8 Å². The van der Waals surface area contributed by atoms with Crippen LogP contribution in [0, 0.1) is 5.92 Å². The highest BCUT2D eigenvalue weighted by atomic mass is 16.5. The molecule has 0 bridgehead atoms. The van der Waals surface area contributed by atoms with Crippen LogP contribution >= 0.6 is 0 Å². The van der Waals surface area contributed by atoms with E-state index >= 15 is 0 Å². The predicted octanol–water partition coefficient (Wildman–Crippen LogP) is 0.654. The lowest BCUT2D eigenvalue weighted by Gasteiger charge is -2.38. The highest BCUT2D eigenvalue weighted by Gasteiger charge is 2.45. The average Bonchev–Trinajstić information content (AvgIpc) is 2.26. The first kappa shape index (κ1) is 13.4. The number of carbonyl (C=O) groups is 1. The van der Waals surface area contributed by atoms with Crippen LogP contribution in [-0.4, -0.2) is 47.7 Å². The first-order chi connectivity index (χ1) is 7.52. The highest BCUT2D eigenvalue weighted by Crippen LogP contribution is 2.32. The zero-order valence-corrected chi connectivity index (χ0v) is 9.81. The first-order valence-electron chi connectivity index (χ1n) is 5.61. The van der Waals surface area contributed by atoms with Crippen LogP contribution in [-0.2, 0) is 14.3 Å². The molecule has 16 heavy (non-hydrogen) atoms. The van der Waals surface area contributed by atoms with Crippen LogP contribution in [0.15, 0.2) is 0 Å². The summed E-state index contributed by atoms with van der Waals surface area (Å²) >= 11 is 0. The summed E-state index contributed by atoms with van der Waals surface area (Å²) in [5, 5.41) is 18.0. The van der Waals surface area contributed by atoms with Crippen molar-refractivity contribution in [2.45, 2.75) is 38.4 Å². The highest BCUT2D eigenvalue weighted by molar-refractivity contribution is 5.77. The van der Waals surface area contributed by atoms with E-state index in [0.717, 1.165) is 0 Å². The van der Waals surface area contributed by atoms with Crippen LogP contribution in [0.2, 0.25) is 0 Å². The topological polar surface area (TPSA) is 76.0 Å². The van der Waals surface area contributed by atoms with E-state index in [1.54, 1.807) is 0 Å². The van der Waals surface area contributed by atoms with E-state index in [1.807, 2.05) is 13.8 Å². The molecule has 0 saturated carbocycles. The molecule has 0 aromatic rings. The SMILES string of the molecule is CC(C)C1CC(OCCO)(C(=O)O)CCO1. The number of aliphatic carboxylic acids is 1. The fourth-order valence-electron chi connectivity index (χ4n) is 1.92. The standard InChI is InChI=1S/C11H20O5/c1-8(2)9-7-11(10(13)14,3-5-15-9)16-6-4-12/h8-9,12H,3-7H2,1-2H3,(H,13,14). The summed E-state index contributed by atoms with van der Waals surface area (Å²) in [4.78, 5) is 11.3. The van der Waals surface area contributed by atoms with Gasteiger partial charge in [-0.15, -0.1) is 0 Å². The summed E-state index contributed by atoms with van der Waals surface area (Å²) < 4.78 is 10.9. The lowest BCUT2D eigenvalue weighted by atomic mass is 9.86. The Morgan fingerprint density at radius 1 is 1.62 bits per heavy atom. The lowest BCUT2D eigenvalue weighted by molar-refractivity contribution is -0.190. The molecule has 0 radical (unpaired) electrons. The molecule has 0 aromatic heterocycles. The molecule has 0 spiro atoms. The Kier molecular flexibility index (Phi) is 4.70. The Bertz CT molecular complexity index is 241. The van der Waals surface area contributed by atoms with E-state index in [0.29, 0.717) is 19.4 Å². The molecule has 5 heteroatoms. The van der Waals surface area contributed by atoms with Crippen LogP contribution in [0.1, 0.15) is 26.7 Å². The Hall–Kier alpha value is -0.650. The van der Waals surface area contributed by atoms with E-state index in [2.05, 4.69) is 0 Å². The molecule has 0 aliphatic carbocycles. The second kappa shape index (κ2) is 5.61. The molecule has 1 aliphatic heterocycles. The molecule has 5 nitrogen and oxygen atoms in total. The molecule has 1 fully saturated rings. The van der Waals surface area contributed by atoms with Crippen molar-refractivity contribution in [3.63, 3.8) is 0 Å². The van der Waals surface area contributed by atoms with Crippen molar-refractivity contribution in [3.8, 4) is 0 Å². The van der Waals surface area contributed by atoms with Crippen molar-refractivity contribution >= 4 is 5.97 Å². The molecule has 2 N–H and O–H groups in total. The molecule has 2 atom stereocenters. The van der Waals surface area contributed by atoms with Gasteiger partial charge in [0.05, 0.1) is 25.9 Å². The van der Waals surface area contributed by atoms with E-state index in [1.165, 1.54) is 0 Å². The average molecular weight is 232 g/mol. The third kappa shape index (κ3) is 2.93. The zero-order valence-electron chi connectivity index (χ0n) is 9.81. The maximum atomic E-state index is 11.3. The van der Waals surface area contributed by atoms with Gasteiger partial charge in [0.1, 0.15) is 0 Å². The first-order valence-corrected chi connectivity index (χ1v) is 5.61. The fraction of sp³-hybridized carbons (Fsp3) is 0.909. The van der Waals surface area contributed by atoms with Gasteiger partial charge in [0, 0.05) is 12.8 Å². The number of carboxylic acids is 1. The van der Waals surface area contributed by atoms with Crippen molar-refractivity contribution in [3.05, 3.63) is 0 Å². The fourth-order valence-corrected chi connectivity index (χ4v) is 1.92. The van der Waals surface area contributed by atoms with E-state index < -0.39 is 11.6 Å². The molecule has 94 valence electrons. The number of carboxylic acid groups (broad SMARTS) is 1. The van der Waals surface area contributed by atoms with Gasteiger partial charge in [-0.25, -0.2) is 4.79 Å². The van der Waals surface area contributed by atoms with Crippen molar-refractivity contribution in [2.75, 3.05) is 19.8 Å². The zero-order chi connectivity index (χ0) is 12.2. The number of aliphatic hydroxyl groups is 1. The Morgan fingerprint density at radius 3 is 2.81 bits per heavy atom. The molecule has 1 heterocycles. The van der Waals surface area contributed by atoms with Gasteiger partial charge in [0.2, 0.25) is 0 Å². The molecular formula is C11H20O5. The molecule has 1 saturated heterocycles. The molecule has 2 unspecified atom stereocenters. The number of hydrogen-bond acceptors (Lipinski definition) is 4. The minimum atomic E-state index is -1.18. The van der Waals surface area contributed by atoms with E-state index in [4.69, 9.17) is 14.6 Å². The third-order valence-electron chi connectivity index (χ3n) is 2.97. The second-order valence-electron chi connectivity index (χ2n) is 4.48. The summed E-state index contributed by atoms with van der Waals surface area (Å²) in [6.45, 7) is 4.27.